The van der Waals surface area contributed by atoms with Crippen molar-refractivity contribution in [1.29, 1.82) is 0 Å². The van der Waals surface area contributed by atoms with E-state index in [1.165, 1.54) is 15.0 Å². The molecule has 0 aromatic carbocycles. The summed E-state index contributed by atoms with van der Waals surface area (Å²) in [6, 6.07) is 2.28. The molecule has 0 saturated heterocycles. The minimum absolute atomic E-state index is 0.0353. The van der Waals surface area contributed by atoms with Crippen LogP contribution in [0, 0.1) is 0 Å². The minimum Gasteiger partial charge on any atom is -0.384 e. The molecule has 3 heterocycles. The number of ketones is 1. The molecule has 0 unspecified atom stereocenters. The number of anilines is 1. The van der Waals surface area contributed by atoms with E-state index in [1.807, 2.05) is 6.92 Å². The summed E-state index contributed by atoms with van der Waals surface area (Å²) in [4.78, 5) is 42.7. The Morgan fingerprint density at radius 2 is 2.15 bits per heavy atom. The molecular formula is C18H24N4O3S. The van der Waals surface area contributed by atoms with Gasteiger partial charge in [0.05, 0.1) is 6.54 Å². The molecule has 0 radical (unpaired) electrons. The minimum atomic E-state index is -0.703. The number of aromatic nitrogens is 2. The molecule has 3 N–H and O–H groups in total. The summed E-state index contributed by atoms with van der Waals surface area (Å²) < 4.78 is 1.26. The Bertz CT molecular complexity index is 927. The maximum absolute atomic E-state index is 12.9. The molecule has 0 saturated carbocycles. The van der Waals surface area contributed by atoms with Gasteiger partial charge in [-0.05, 0) is 36.3 Å². The predicted molar refractivity (Wildman–Crippen MR) is 103 cm³/mol. The summed E-state index contributed by atoms with van der Waals surface area (Å²) in [5.41, 5.74) is 5.90. The van der Waals surface area contributed by atoms with Gasteiger partial charge in [-0.2, -0.15) is 0 Å². The fourth-order valence-corrected chi connectivity index (χ4v) is 4.61. The lowest BCUT2D eigenvalue weighted by Crippen LogP contribution is -2.42. The summed E-state index contributed by atoms with van der Waals surface area (Å²) in [7, 11) is 0. The molecule has 7 nitrogen and oxygen atoms in total. The fourth-order valence-electron chi connectivity index (χ4n) is 3.68. The maximum Gasteiger partial charge on any atom is 0.329 e. The van der Waals surface area contributed by atoms with E-state index < -0.39 is 11.2 Å². The lowest BCUT2D eigenvalue weighted by atomic mass is 9.97. The van der Waals surface area contributed by atoms with Crippen molar-refractivity contribution in [3.05, 3.63) is 48.3 Å². The Balaban J connectivity index is 1.90. The first-order chi connectivity index (χ1) is 12.5. The monoisotopic (exact) mass is 376 g/mol. The third-order valence-corrected chi connectivity index (χ3v) is 5.90. The average Bonchev–Trinajstić information content (AvgIpc) is 3.07. The predicted octanol–water partition coefficient (Wildman–Crippen LogP) is 1.78. The van der Waals surface area contributed by atoms with Crippen molar-refractivity contribution in [3.63, 3.8) is 0 Å². The van der Waals surface area contributed by atoms with E-state index in [2.05, 4.69) is 28.3 Å². The van der Waals surface area contributed by atoms with Crippen LogP contribution < -0.4 is 17.0 Å². The third-order valence-electron chi connectivity index (χ3n) is 4.90. The largest absolute Gasteiger partial charge is 0.384 e. The SMILES string of the molecule is CCCn1c(N)c(C(=O)CN2CCc3sccc3[C@H]2CC)c(=O)[nH]c1=O. The highest BCUT2D eigenvalue weighted by atomic mass is 32.1. The average molecular weight is 376 g/mol. The Kier molecular flexibility index (Phi) is 5.43. The molecule has 26 heavy (non-hydrogen) atoms. The Morgan fingerprint density at radius 1 is 1.38 bits per heavy atom. The number of nitrogen functional groups attached to an aromatic ring is 1. The summed E-state index contributed by atoms with van der Waals surface area (Å²) in [6.45, 7) is 5.24. The molecule has 0 amide bonds. The summed E-state index contributed by atoms with van der Waals surface area (Å²) >= 11 is 1.75. The van der Waals surface area contributed by atoms with Gasteiger partial charge in [-0.15, -0.1) is 11.3 Å². The molecule has 2 aromatic rings. The number of nitrogens with zero attached hydrogens (tertiary/aromatic N) is 2. The van der Waals surface area contributed by atoms with E-state index in [0.717, 1.165) is 19.4 Å². The topological polar surface area (TPSA) is 101 Å². The molecule has 0 aliphatic carbocycles. The number of carbonyl (C=O) groups is 1. The number of nitrogens with one attached hydrogen (secondary N) is 1. The fraction of sp³-hybridized carbons (Fsp3) is 0.500. The summed E-state index contributed by atoms with van der Waals surface area (Å²) in [5.74, 6) is -0.377. The quantitative estimate of drug-likeness (QED) is 0.749. The first kappa shape index (κ1) is 18.6. The number of thiophene rings is 1. The van der Waals surface area contributed by atoms with Gasteiger partial charge in [0.1, 0.15) is 11.4 Å². The van der Waals surface area contributed by atoms with E-state index in [0.29, 0.717) is 13.0 Å². The second-order valence-electron chi connectivity index (χ2n) is 6.54. The first-order valence-corrected chi connectivity index (χ1v) is 9.81. The lowest BCUT2D eigenvalue weighted by Gasteiger charge is -2.34. The molecule has 1 aliphatic rings. The van der Waals surface area contributed by atoms with Crippen LogP contribution >= 0.6 is 11.3 Å². The highest BCUT2D eigenvalue weighted by Gasteiger charge is 2.30. The van der Waals surface area contributed by atoms with Gasteiger partial charge in [0.2, 0.25) is 0 Å². The number of rotatable bonds is 6. The standard InChI is InChI=1S/C18H24N4O3S/c1-3-7-22-16(19)15(17(24)20-18(22)25)13(23)10-21-8-5-14-11(6-9-26-14)12(21)4-2/h6,9,12H,3-5,7-8,10,19H2,1-2H3,(H,20,24,25)/t12-/m1/s1. The number of hydrogen-bond acceptors (Lipinski definition) is 6. The smallest absolute Gasteiger partial charge is 0.329 e. The molecule has 3 rings (SSSR count). The first-order valence-electron chi connectivity index (χ1n) is 8.94. The number of Topliss-reactive ketones (excluding diaryl/α,β-unsaturated/α-hetero) is 1. The Labute approximate surface area is 155 Å². The number of fused-ring (bicyclic) bond motifs is 1. The van der Waals surface area contributed by atoms with Gasteiger partial charge in [-0.25, -0.2) is 4.79 Å². The van der Waals surface area contributed by atoms with Crippen molar-refractivity contribution in [2.45, 2.75) is 45.7 Å². The van der Waals surface area contributed by atoms with Gasteiger partial charge in [-0.3, -0.25) is 24.0 Å². The van der Waals surface area contributed by atoms with Crippen LogP contribution in [-0.4, -0.2) is 33.3 Å². The highest BCUT2D eigenvalue weighted by Crippen LogP contribution is 2.35. The molecule has 1 aliphatic heterocycles. The third kappa shape index (κ3) is 3.26. The van der Waals surface area contributed by atoms with E-state index in [4.69, 9.17) is 5.73 Å². The van der Waals surface area contributed by atoms with E-state index >= 15 is 0 Å². The van der Waals surface area contributed by atoms with Gasteiger partial charge >= 0.3 is 5.69 Å². The van der Waals surface area contributed by atoms with Crippen LogP contribution in [0.15, 0.2) is 21.0 Å². The zero-order valence-corrected chi connectivity index (χ0v) is 15.9. The highest BCUT2D eigenvalue weighted by molar-refractivity contribution is 7.10. The summed E-state index contributed by atoms with van der Waals surface area (Å²) in [5, 5.41) is 2.09. The van der Waals surface area contributed by atoms with Crippen molar-refractivity contribution in [1.82, 2.24) is 14.5 Å². The second kappa shape index (κ2) is 7.59. The molecule has 2 aromatic heterocycles. The molecular weight excluding hydrogens is 352 g/mol. The van der Waals surface area contributed by atoms with Crippen LogP contribution in [0.25, 0.3) is 0 Å². The van der Waals surface area contributed by atoms with Gasteiger partial charge < -0.3 is 5.73 Å². The van der Waals surface area contributed by atoms with Crippen molar-refractivity contribution < 1.29 is 4.79 Å². The van der Waals surface area contributed by atoms with Gasteiger partial charge in [0.25, 0.3) is 5.56 Å². The van der Waals surface area contributed by atoms with Crippen molar-refractivity contribution in [2.24, 2.45) is 0 Å². The Morgan fingerprint density at radius 3 is 2.85 bits per heavy atom. The number of nitrogens with two attached hydrogens (primary N) is 1. The van der Waals surface area contributed by atoms with Crippen LogP contribution in [0.4, 0.5) is 5.82 Å². The molecule has 0 bridgehead atoms. The van der Waals surface area contributed by atoms with Crippen LogP contribution in [0.5, 0.6) is 0 Å². The van der Waals surface area contributed by atoms with Gasteiger partial charge in [0.15, 0.2) is 5.78 Å². The van der Waals surface area contributed by atoms with E-state index in [-0.39, 0.29) is 29.8 Å². The normalized spacial score (nSPS) is 17.2. The number of aromatic amines is 1. The summed E-state index contributed by atoms with van der Waals surface area (Å²) in [6.07, 6.45) is 2.46. The van der Waals surface area contributed by atoms with E-state index in [9.17, 15) is 14.4 Å². The zero-order valence-electron chi connectivity index (χ0n) is 15.1. The van der Waals surface area contributed by atoms with Crippen LogP contribution in [0.1, 0.15) is 53.5 Å². The maximum atomic E-state index is 12.9. The van der Waals surface area contributed by atoms with Gasteiger partial charge in [0, 0.05) is 24.0 Å². The molecule has 0 fully saturated rings. The number of hydrogen-bond donors (Lipinski definition) is 2. The number of carbonyl (C=O) groups excluding carboxylic acids is 1. The molecule has 8 heteroatoms. The van der Waals surface area contributed by atoms with E-state index in [1.54, 1.807) is 11.3 Å². The van der Waals surface area contributed by atoms with Crippen LogP contribution in [-0.2, 0) is 13.0 Å². The Hall–Kier alpha value is -2.19. The second-order valence-corrected chi connectivity index (χ2v) is 7.54. The number of H-pyrrole nitrogens is 1. The van der Waals surface area contributed by atoms with Gasteiger partial charge in [-0.1, -0.05) is 13.8 Å². The molecule has 0 spiro atoms. The van der Waals surface area contributed by atoms with Crippen LogP contribution in [0.3, 0.4) is 0 Å². The lowest BCUT2D eigenvalue weighted by molar-refractivity contribution is 0.0876. The van der Waals surface area contributed by atoms with Crippen LogP contribution in [0.2, 0.25) is 0 Å². The molecule has 1 atom stereocenters. The zero-order chi connectivity index (χ0) is 18.8. The molecule has 140 valence electrons. The van der Waals surface area contributed by atoms with Crippen molar-refractivity contribution >= 4 is 22.9 Å². The van der Waals surface area contributed by atoms with Crippen molar-refractivity contribution in [2.75, 3.05) is 18.8 Å². The van der Waals surface area contributed by atoms with Crippen molar-refractivity contribution in [3.8, 4) is 0 Å².